The number of hydrogen-bond acceptors (Lipinski definition) is 9. The molecule has 31 heavy (non-hydrogen) atoms. The van der Waals surface area contributed by atoms with Gasteiger partial charge in [-0.25, -0.2) is 4.98 Å². The van der Waals surface area contributed by atoms with E-state index in [4.69, 9.17) is 15.6 Å². The van der Waals surface area contributed by atoms with Crippen LogP contribution in [0.1, 0.15) is 30.9 Å². The number of nitrogens with one attached hydrogen (secondary N) is 1. The zero-order chi connectivity index (χ0) is 22.2. The first-order valence-corrected chi connectivity index (χ1v) is 10.6. The van der Waals surface area contributed by atoms with Gasteiger partial charge in [0.25, 0.3) is 0 Å². The maximum absolute atomic E-state index is 12.6. The number of nitrogen functional groups attached to an aromatic ring is 1. The van der Waals surface area contributed by atoms with Gasteiger partial charge in [0.05, 0.1) is 19.6 Å². The van der Waals surface area contributed by atoms with E-state index in [1.54, 1.807) is 17.2 Å². The van der Waals surface area contributed by atoms with Crippen molar-refractivity contribution in [1.82, 2.24) is 19.9 Å². The number of anilines is 3. The Morgan fingerprint density at radius 3 is 2.87 bits per heavy atom. The van der Waals surface area contributed by atoms with Crippen molar-refractivity contribution in [2.75, 3.05) is 55.8 Å². The van der Waals surface area contributed by atoms with E-state index in [2.05, 4.69) is 27.2 Å². The summed E-state index contributed by atoms with van der Waals surface area (Å²) in [5.41, 5.74) is 7.62. The molecule has 0 spiro atoms. The van der Waals surface area contributed by atoms with E-state index in [-0.39, 0.29) is 18.9 Å². The maximum Gasteiger partial charge on any atom is 0.233 e. The summed E-state index contributed by atoms with van der Waals surface area (Å²) in [5.74, 6) is 1.80. The zero-order valence-corrected chi connectivity index (χ0v) is 18.2. The number of aliphatic hydroxyl groups is 1. The number of carbonyl (C=O) groups excluding carboxylic acids is 1. The number of unbranched alkanes of at least 4 members (excludes halogenated alkanes) is 1. The van der Waals surface area contributed by atoms with Crippen molar-refractivity contribution < 1.29 is 14.6 Å². The normalized spacial score (nSPS) is 13.0. The molecule has 2 aromatic heterocycles. The number of likely N-dealkylation sites (N-methyl/N-ethyl adjacent to an activating group) is 1. The van der Waals surface area contributed by atoms with Crippen LogP contribution in [0, 0.1) is 0 Å². The first-order chi connectivity index (χ1) is 15.0. The smallest absolute Gasteiger partial charge is 0.233 e. The standard InChI is InChI=1S/C21H31N7O3/c1-3-4-7-23-21-25-19(22)16-12-18(30)28(20(16)26-21)14-15-5-6-17(24-13-15)31-11-9-27(2)8-10-29/h5-6,13,29H,3-4,7-12,14H2,1-2H3,(H3,22,23,25,26). The SMILES string of the molecule is CCCCNc1nc(N)c2c(n1)N(Cc1ccc(OCCN(C)CCO)nc1)C(=O)C2. The maximum atomic E-state index is 12.6. The monoisotopic (exact) mass is 429 g/mol. The zero-order valence-electron chi connectivity index (χ0n) is 18.2. The fraction of sp³-hybridized carbons (Fsp3) is 0.524. The van der Waals surface area contributed by atoms with Gasteiger partial charge in [-0.2, -0.15) is 9.97 Å². The average molecular weight is 430 g/mol. The van der Waals surface area contributed by atoms with Gasteiger partial charge < -0.3 is 25.8 Å². The lowest BCUT2D eigenvalue weighted by Gasteiger charge is -2.18. The second-order valence-electron chi connectivity index (χ2n) is 7.55. The van der Waals surface area contributed by atoms with Crippen molar-refractivity contribution in [3.8, 4) is 5.88 Å². The molecule has 1 aliphatic rings. The number of rotatable bonds is 12. The molecule has 3 heterocycles. The molecule has 10 nitrogen and oxygen atoms in total. The molecule has 2 aromatic rings. The van der Waals surface area contributed by atoms with Crippen LogP contribution in [0.15, 0.2) is 18.3 Å². The predicted octanol–water partition coefficient (Wildman–Crippen LogP) is 1.06. The topological polar surface area (TPSA) is 130 Å². The second-order valence-corrected chi connectivity index (χ2v) is 7.55. The summed E-state index contributed by atoms with van der Waals surface area (Å²) < 4.78 is 5.64. The molecule has 168 valence electrons. The fourth-order valence-electron chi connectivity index (χ4n) is 3.23. The number of amides is 1. The third-order valence-corrected chi connectivity index (χ3v) is 5.06. The molecular weight excluding hydrogens is 398 g/mol. The highest BCUT2D eigenvalue weighted by Gasteiger charge is 2.32. The summed E-state index contributed by atoms with van der Waals surface area (Å²) in [4.78, 5) is 29.4. The van der Waals surface area contributed by atoms with Crippen LogP contribution in [0.25, 0.3) is 0 Å². The third-order valence-electron chi connectivity index (χ3n) is 5.06. The molecule has 0 radical (unpaired) electrons. The third kappa shape index (κ3) is 6.02. The average Bonchev–Trinajstić information content (AvgIpc) is 3.06. The molecule has 10 heteroatoms. The number of aromatic nitrogens is 3. The van der Waals surface area contributed by atoms with Crippen molar-refractivity contribution in [1.29, 1.82) is 0 Å². The molecule has 3 rings (SSSR count). The van der Waals surface area contributed by atoms with E-state index in [0.29, 0.717) is 55.3 Å². The molecule has 0 fully saturated rings. The van der Waals surface area contributed by atoms with Gasteiger partial charge >= 0.3 is 0 Å². The lowest BCUT2D eigenvalue weighted by Crippen LogP contribution is -2.27. The van der Waals surface area contributed by atoms with E-state index in [9.17, 15) is 4.79 Å². The molecular formula is C21H31N7O3. The van der Waals surface area contributed by atoms with Gasteiger partial charge in [0.15, 0.2) is 0 Å². The van der Waals surface area contributed by atoms with Gasteiger partial charge in [0.2, 0.25) is 17.7 Å². The molecule has 0 atom stereocenters. The quantitative estimate of drug-likeness (QED) is 0.424. The van der Waals surface area contributed by atoms with Crippen LogP contribution >= 0.6 is 0 Å². The van der Waals surface area contributed by atoms with E-state index in [1.807, 2.05) is 18.0 Å². The van der Waals surface area contributed by atoms with Crippen molar-refractivity contribution in [3.05, 3.63) is 29.5 Å². The van der Waals surface area contributed by atoms with Crippen LogP contribution in [0.3, 0.4) is 0 Å². The summed E-state index contributed by atoms with van der Waals surface area (Å²) in [5, 5.41) is 12.1. The highest BCUT2D eigenvalue weighted by atomic mass is 16.5. The van der Waals surface area contributed by atoms with Gasteiger partial charge in [-0.1, -0.05) is 19.4 Å². The number of fused-ring (bicyclic) bond motifs is 1. The fourth-order valence-corrected chi connectivity index (χ4v) is 3.23. The highest BCUT2D eigenvalue weighted by Crippen LogP contribution is 2.32. The minimum atomic E-state index is -0.0612. The Hall–Kier alpha value is -2.98. The van der Waals surface area contributed by atoms with Gasteiger partial charge in [0, 0.05) is 37.5 Å². The first kappa shape index (κ1) is 22.7. The molecule has 0 bridgehead atoms. The largest absolute Gasteiger partial charge is 0.476 e. The Morgan fingerprint density at radius 1 is 1.32 bits per heavy atom. The number of aliphatic hydroxyl groups excluding tert-OH is 1. The van der Waals surface area contributed by atoms with Crippen molar-refractivity contribution >= 4 is 23.5 Å². The summed E-state index contributed by atoms with van der Waals surface area (Å²) in [6.45, 7) is 5.11. The highest BCUT2D eigenvalue weighted by molar-refractivity contribution is 6.01. The Kier molecular flexibility index (Phi) is 7.96. The predicted molar refractivity (Wildman–Crippen MR) is 119 cm³/mol. The van der Waals surface area contributed by atoms with E-state index >= 15 is 0 Å². The van der Waals surface area contributed by atoms with Gasteiger partial charge in [-0.3, -0.25) is 9.69 Å². The van der Waals surface area contributed by atoms with Crippen LogP contribution in [-0.4, -0.2) is 70.8 Å². The van der Waals surface area contributed by atoms with Gasteiger partial charge in [0.1, 0.15) is 18.2 Å². The molecule has 0 unspecified atom stereocenters. The lowest BCUT2D eigenvalue weighted by atomic mass is 10.2. The van der Waals surface area contributed by atoms with Crippen molar-refractivity contribution in [2.45, 2.75) is 32.7 Å². The number of pyridine rings is 1. The minimum Gasteiger partial charge on any atom is -0.476 e. The molecule has 1 amide bonds. The number of ether oxygens (including phenoxy) is 1. The van der Waals surface area contributed by atoms with E-state index < -0.39 is 0 Å². The summed E-state index contributed by atoms with van der Waals surface area (Å²) >= 11 is 0. The second kappa shape index (κ2) is 10.9. The number of hydrogen-bond donors (Lipinski definition) is 3. The first-order valence-electron chi connectivity index (χ1n) is 10.6. The molecule has 1 aliphatic heterocycles. The number of nitrogens with zero attached hydrogens (tertiary/aromatic N) is 5. The van der Waals surface area contributed by atoms with Crippen molar-refractivity contribution in [2.24, 2.45) is 0 Å². The Morgan fingerprint density at radius 2 is 2.16 bits per heavy atom. The summed E-state index contributed by atoms with van der Waals surface area (Å²) in [7, 11) is 1.92. The number of nitrogens with two attached hydrogens (primary N) is 1. The summed E-state index contributed by atoms with van der Waals surface area (Å²) in [6, 6.07) is 3.67. The van der Waals surface area contributed by atoms with Crippen molar-refractivity contribution in [3.63, 3.8) is 0 Å². The van der Waals surface area contributed by atoms with Crippen LogP contribution < -0.4 is 20.7 Å². The molecule has 0 saturated carbocycles. The van der Waals surface area contributed by atoms with Crippen LogP contribution in [-0.2, 0) is 17.8 Å². The number of carbonyl (C=O) groups is 1. The van der Waals surface area contributed by atoms with Gasteiger partial charge in [-0.15, -0.1) is 0 Å². The lowest BCUT2D eigenvalue weighted by molar-refractivity contribution is -0.117. The molecule has 0 aliphatic carbocycles. The Bertz CT molecular complexity index is 876. The van der Waals surface area contributed by atoms with E-state index in [0.717, 1.165) is 24.9 Å². The summed E-state index contributed by atoms with van der Waals surface area (Å²) in [6.07, 6.45) is 3.96. The minimum absolute atomic E-state index is 0.0612. The van der Waals surface area contributed by atoms with Crippen LogP contribution in [0.4, 0.5) is 17.6 Å². The molecule has 4 N–H and O–H groups in total. The Labute approximate surface area is 182 Å². The van der Waals surface area contributed by atoms with Crippen LogP contribution in [0.2, 0.25) is 0 Å². The Balaban J connectivity index is 1.63. The van der Waals surface area contributed by atoms with Crippen LogP contribution in [0.5, 0.6) is 5.88 Å². The molecule has 0 aromatic carbocycles. The molecule has 0 saturated heterocycles. The van der Waals surface area contributed by atoms with Gasteiger partial charge in [-0.05, 0) is 19.0 Å². The van der Waals surface area contributed by atoms with E-state index in [1.165, 1.54) is 0 Å².